The Hall–Kier alpha value is -3.71. The number of sulfonamides is 1. The second kappa shape index (κ2) is 9.65. The first-order valence-corrected chi connectivity index (χ1v) is 11.9. The fourth-order valence-corrected chi connectivity index (χ4v) is 4.98. The molecule has 2 aromatic heterocycles. The van der Waals surface area contributed by atoms with E-state index in [2.05, 4.69) is 15.2 Å². The van der Waals surface area contributed by atoms with Gasteiger partial charge in [-0.3, -0.25) is 19.9 Å². The number of non-ortho nitro benzene ring substituents is 1. The van der Waals surface area contributed by atoms with E-state index in [9.17, 15) is 23.3 Å². The van der Waals surface area contributed by atoms with Crippen LogP contribution < -0.4 is 0 Å². The van der Waals surface area contributed by atoms with Crippen LogP contribution >= 0.6 is 0 Å². The largest absolute Gasteiger partial charge is 0.452 e. The van der Waals surface area contributed by atoms with Crippen LogP contribution in [0.5, 0.6) is 0 Å². The Morgan fingerprint density at radius 2 is 1.91 bits per heavy atom. The Balaban J connectivity index is 1.34. The number of nitro groups is 1. The van der Waals surface area contributed by atoms with E-state index in [1.54, 1.807) is 13.0 Å². The van der Waals surface area contributed by atoms with Gasteiger partial charge in [-0.2, -0.15) is 4.31 Å². The first-order chi connectivity index (χ1) is 16.3. The van der Waals surface area contributed by atoms with Crippen molar-refractivity contribution in [1.29, 1.82) is 0 Å². The summed E-state index contributed by atoms with van der Waals surface area (Å²) in [5.41, 5.74) is 0.426. The molecule has 1 aliphatic rings. The minimum atomic E-state index is -3.66. The quantitative estimate of drug-likeness (QED) is 0.275. The molecule has 12 nitrogen and oxygen atoms in total. The Morgan fingerprint density at radius 1 is 1.21 bits per heavy atom. The molecule has 1 atom stereocenters. The molecule has 0 saturated carbocycles. The van der Waals surface area contributed by atoms with Gasteiger partial charge >= 0.3 is 5.97 Å². The molecule has 1 aliphatic heterocycles. The lowest BCUT2D eigenvalue weighted by Gasteiger charge is -2.30. The van der Waals surface area contributed by atoms with E-state index in [0.717, 1.165) is 0 Å². The van der Waals surface area contributed by atoms with Crippen LogP contribution in [0.2, 0.25) is 0 Å². The number of piperidine rings is 1. The summed E-state index contributed by atoms with van der Waals surface area (Å²) >= 11 is 0. The number of carbonyl (C=O) groups excluding carboxylic acids is 1. The van der Waals surface area contributed by atoms with Gasteiger partial charge in [-0.25, -0.2) is 8.42 Å². The van der Waals surface area contributed by atoms with Crippen molar-refractivity contribution in [2.75, 3.05) is 13.1 Å². The van der Waals surface area contributed by atoms with Gasteiger partial charge in [0.05, 0.1) is 10.8 Å². The van der Waals surface area contributed by atoms with Gasteiger partial charge in [0.1, 0.15) is 4.90 Å². The molecule has 0 N–H and O–H groups in total. The van der Waals surface area contributed by atoms with Crippen LogP contribution in [0.1, 0.15) is 31.8 Å². The van der Waals surface area contributed by atoms with Gasteiger partial charge in [0.2, 0.25) is 15.9 Å². The molecule has 0 bridgehead atoms. The number of pyridine rings is 1. The van der Waals surface area contributed by atoms with E-state index in [1.165, 1.54) is 47.0 Å². The monoisotopic (exact) mass is 487 g/mol. The predicted octanol–water partition coefficient (Wildman–Crippen LogP) is 2.74. The third kappa shape index (κ3) is 4.94. The zero-order valence-corrected chi connectivity index (χ0v) is 18.9. The van der Waals surface area contributed by atoms with E-state index in [0.29, 0.717) is 18.4 Å². The number of nitro benzene ring substituents is 1. The topological polar surface area (TPSA) is 159 Å². The molecule has 3 aromatic rings. The molecule has 0 amide bonds. The van der Waals surface area contributed by atoms with Gasteiger partial charge in [0, 0.05) is 43.2 Å². The highest BCUT2D eigenvalue weighted by molar-refractivity contribution is 7.89. The molecule has 3 heterocycles. The molecule has 4 rings (SSSR count). The van der Waals surface area contributed by atoms with Gasteiger partial charge in [-0.05, 0) is 44.0 Å². The fourth-order valence-electron chi connectivity index (χ4n) is 3.54. The van der Waals surface area contributed by atoms with E-state index in [-0.39, 0.29) is 35.5 Å². The Morgan fingerprint density at radius 3 is 2.53 bits per heavy atom. The van der Waals surface area contributed by atoms with Crippen LogP contribution in [-0.2, 0) is 19.6 Å². The van der Waals surface area contributed by atoms with Gasteiger partial charge in [-0.15, -0.1) is 10.2 Å². The molecule has 1 aromatic carbocycles. The summed E-state index contributed by atoms with van der Waals surface area (Å²) in [6.45, 7) is 1.97. The Bertz CT molecular complexity index is 1270. The molecule has 0 spiro atoms. The van der Waals surface area contributed by atoms with E-state index in [4.69, 9.17) is 9.15 Å². The molecule has 0 radical (unpaired) electrons. The third-order valence-electron chi connectivity index (χ3n) is 5.47. The average Bonchev–Trinajstić information content (AvgIpc) is 3.35. The van der Waals surface area contributed by atoms with Crippen LogP contribution in [0.4, 0.5) is 5.69 Å². The maximum atomic E-state index is 12.7. The number of hydrogen-bond acceptors (Lipinski definition) is 10. The molecule has 1 saturated heterocycles. The predicted molar refractivity (Wildman–Crippen MR) is 117 cm³/mol. The van der Waals surface area contributed by atoms with Gasteiger partial charge in [0.15, 0.2) is 6.10 Å². The molecule has 178 valence electrons. The highest BCUT2D eigenvalue weighted by Crippen LogP contribution is 2.28. The summed E-state index contributed by atoms with van der Waals surface area (Å²) in [6.07, 6.45) is 2.63. The normalized spacial score (nSPS) is 16.1. The number of carbonyl (C=O) groups is 1. The molecule has 13 heteroatoms. The second-order valence-electron chi connectivity index (χ2n) is 7.70. The first kappa shape index (κ1) is 23.4. The molecule has 1 fully saturated rings. The number of hydrogen-bond donors (Lipinski definition) is 0. The summed E-state index contributed by atoms with van der Waals surface area (Å²) < 4.78 is 37.8. The van der Waals surface area contributed by atoms with E-state index < -0.39 is 32.9 Å². The standard InChI is InChI=1S/C21H21N5O7S/c1-14(19-23-24-20(33-19)15-4-6-17(7-5-15)26(28)29)32-21(27)16-8-11-25(12-9-16)34(30,31)18-3-2-10-22-13-18/h2-7,10,13-14,16H,8-9,11-12H2,1H3. The summed E-state index contributed by atoms with van der Waals surface area (Å²) in [5.74, 6) is -0.708. The number of aromatic nitrogens is 3. The van der Waals surface area contributed by atoms with Gasteiger partial charge < -0.3 is 9.15 Å². The van der Waals surface area contributed by atoms with Crippen LogP contribution in [-0.4, -0.2) is 51.9 Å². The summed E-state index contributed by atoms with van der Waals surface area (Å²) in [4.78, 5) is 26.9. The number of benzene rings is 1. The smallest absolute Gasteiger partial charge is 0.309 e. The van der Waals surface area contributed by atoms with E-state index >= 15 is 0 Å². The number of nitrogens with zero attached hydrogens (tertiary/aromatic N) is 5. The number of ether oxygens (including phenoxy) is 1. The molecular weight excluding hydrogens is 466 g/mol. The van der Waals surface area contributed by atoms with Crippen molar-refractivity contribution in [3.8, 4) is 11.5 Å². The maximum Gasteiger partial charge on any atom is 0.309 e. The highest BCUT2D eigenvalue weighted by atomic mass is 32.2. The van der Waals surface area contributed by atoms with Crippen LogP contribution in [0.15, 0.2) is 58.1 Å². The van der Waals surface area contributed by atoms with Crippen molar-refractivity contribution in [2.24, 2.45) is 5.92 Å². The molecular formula is C21H21N5O7S. The summed E-state index contributed by atoms with van der Waals surface area (Å²) in [6, 6.07) is 8.66. The minimum Gasteiger partial charge on any atom is -0.452 e. The fraction of sp³-hybridized carbons (Fsp3) is 0.333. The van der Waals surface area contributed by atoms with Crippen molar-refractivity contribution in [3.63, 3.8) is 0 Å². The Labute approximate surface area is 194 Å². The lowest BCUT2D eigenvalue weighted by atomic mass is 9.98. The zero-order chi connectivity index (χ0) is 24.3. The van der Waals surface area contributed by atoms with Crippen LogP contribution in [0, 0.1) is 16.0 Å². The zero-order valence-electron chi connectivity index (χ0n) is 18.1. The van der Waals surface area contributed by atoms with Crippen molar-refractivity contribution >= 4 is 21.7 Å². The third-order valence-corrected chi connectivity index (χ3v) is 7.35. The van der Waals surface area contributed by atoms with Crippen molar-refractivity contribution in [1.82, 2.24) is 19.5 Å². The number of esters is 1. The van der Waals surface area contributed by atoms with Crippen LogP contribution in [0.3, 0.4) is 0 Å². The highest BCUT2D eigenvalue weighted by Gasteiger charge is 2.34. The first-order valence-electron chi connectivity index (χ1n) is 10.4. The lowest BCUT2D eigenvalue weighted by molar-refractivity contribution is -0.384. The van der Waals surface area contributed by atoms with Gasteiger partial charge in [-0.1, -0.05) is 0 Å². The van der Waals surface area contributed by atoms with Crippen molar-refractivity contribution < 1.29 is 27.3 Å². The maximum absolute atomic E-state index is 12.7. The van der Waals surface area contributed by atoms with E-state index in [1.807, 2.05) is 0 Å². The lowest BCUT2D eigenvalue weighted by Crippen LogP contribution is -2.40. The summed E-state index contributed by atoms with van der Waals surface area (Å²) in [5, 5.41) is 18.6. The SMILES string of the molecule is CC(OC(=O)C1CCN(S(=O)(=O)c2cccnc2)CC1)c1nnc(-c2ccc([N+](=O)[O-])cc2)o1. The molecule has 1 unspecified atom stereocenters. The Kier molecular flexibility index (Phi) is 6.65. The van der Waals surface area contributed by atoms with Crippen molar-refractivity contribution in [2.45, 2.75) is 30.8 Å². The van der Waals surface area contributed by atoms with Crippen molar-refractivity contribution in [3.05, 3.63) is 64.8 Å². The summed E-state index contributed by atoms with van der Waals surface area (Å²) in [7, 11) is -3.66. The number of rotatable bonds is 7. The second-order valence-corrected chi connectivity index (χ2v) is 9.63. The average molecular weight is 487 g/mol. The van der Waals surface area contributed by atoms with Gasteiger partial charge in [0.25, 0.3) is 11.6 Å². The molecule has 34 heavy (non-hydrogen) atoms. The minimum absolute atomic E-state index is 0.0648. The molecule has 0 aliphatic carbocycles. The van der Waals surface area contributed by atoms with Crippen LogP contribution in [0.25, 0.3) is 11.5 Å².